The van der Waals surface area contributed by atoms with Crippen molar-refractivity contribution in [3.63, 3.8) is 0 Å². The summed E-state index contributed by atoms with van der Waals surface area (Å²) < 4.78 is 0. The van der Waals surface area contributed by atoms with Crippen LogP contribution in [-0.4, -0.2) is 58.3 Å². The average Bonchev–Trinajstić information content (AvgIpc) is 3.36. The van der Waals surface area contributed by atoms with Gasteiger partial charge in [-0.2, -0.15) is 0 Å². The third-order valence-electron chi connectivity index (χ3n) is 5.49. The molecule has 2 heterocycles. The first-order valence-electron chi connectivity index (χ1n) is 10.2. The van der Waals surface area contributed by atoms with Gasteiger partial charge in [-0.25, -0.2) is 0 Å². The third-order valence-corrected chi connectivity index (χ3v) is 6.53. The van der Waals surface area contributed by atoms with E-state index in [2.05, 4.69) is 16.8 Å². The molecule has 0 unspecified atom stereocenters. The number of aliphatic hydroxyl groups excluding tert-OH is 2. The van der Waals surface area contributed by atoms with Gasteiger partial charge in [-0.15, -0.1) is 11.3 Å². The average molecular weight is 432 g/mol. The topological polar surface area (TPSA) is 116 Å². The van der Waals surface area contributed by atoms with E-state index in [1.807, 2.05) is 31.2 Å². The fourth-order valence-corrected chi connectivity index (χ4v) is 4.58. The lowest BCUT2D eigenvalue weighted by molar-refractivity contribution is -0.153. The number of carbonyl (C=O) groups is 2. The zero-order valence-corrected chi connectivity index (χ0v) is 17.9. The van der Waals surface area contributed by atoms with Crippen molar-refractivity contribution in [2.75, 3.05) is 18.8 Å². The van der Waals surface area contributed by atoms with Crippen LogP contribution < -0.4 is 11.1 Å². The number of hydrogen-bond donors (Lipinski definition) is 4. The van der Waals surface area contributed by atoms with Crippen LogP contribution in [0.3, 0.4) is 0 Å². The summed E-state index contributed by atoms with van der Waals surface area (Å²) in [7, 11) is 0. The molecule has 5 N–H and O–H groups in total. The van der Waals surface area contributed by atoms with Gasteiger partial charge in [0.1, 0.15) is 0 Å². The summed E-state index contributed by atoms with van der Waals surface area (Å²) >= 11 is 1.60. The van der Waals surface area contributed by atoms with E-state index in [1.54, 1.807) is 11.3 Å². The van der Waals surface area contributed by atoms with Crippen molar-refractivity contribution in [1.82, 2.24) is 10.2 Å². The number of rotatable bonds is 8. The highest BCUT2D eigenvalue weighted by Gasteiger charge is 2.36. The number of nitrogens with two attached hydrogens (primary N) is 1. The van der Waals surface area contributed by atoms with Crippen LogP contribution in [0.5, 0.6) is 0 Å². The largest absolute Gasteiger partial charge is 0.398 e. The lowest BCUT2D eigenvalue weighted by Crippen LogP contribution is -2.51. The van der Waals surface area contributed by atoms with Crippen molar-refractivity contribution in [2.45, 2.75) is 50.9 Å². The molecule has 0 spiro atoms. The van der Waals surface area contributed by atoms with Crippen molar-refractivity contribution in [3.05, 3.63) is 51.7 Å². The van der Waals surface area contributed by atoms with Crippen LogP contribution in [-0.2, 0) is 22.4 Å². The van der Waals surface area contributed by atoms with Crippen LogP contribution >= 0.6 is 11.3 Å². The Bertz CT molecular complexity index is 885. The van der Waals surface area contributed by atoms with Crippen LogP contribution in [0.2, 0.25) is 0 Å². The molecule has 1 aliphatic heterocycles. The maximum Gasteiger partial charge on any atom is 0.254 e. The lowest BCUT2D eigenvalue weighted by atomic mass is 10.1. The molecular formula is C22H29N3O4S. The molecule has 0 bridgehead atoms. The molecular weight excluding hydrogens is 402 g/mol. The minimum Gasteiger partial charge on any atom is -0.398 e. The van der Waals surface area contributed by atoms with Gasteiger partial charge in [0.05, 0.1) is 0 Å². The zero-order valence-electron chi connectivity index (χ0n) is 17.1. The quantitative estimate of drug-likeness (QED) is 0.471. The van der Waals surface area contributed by atoms with Crippen LogP contribution in [0.4, 0.5) is 5.69 Å². The highest BCUT2D eigenvalue weighted by molar-refractivity contribution is 7.10. The molecule has 2 aromatic rings. The molecule has 0 saturated carbocycles. The second-order valence-corrected chi connectivity index (χ2v) is 8.75. The van der Waals surface area contributed by atoms with Gasteiger partial charge in [0, 0.05) is 36.1 Å². The molecule has 0 radical (unpaired) electrons. The van der Waals surface area contributed by atoms with Crippen LogP contribution in [0.1, 0.15) is 35.8 Å². The van der Waals surface area contributed by atoms with E-state index in [0.29, 0.717) is 19.5 Å². The first-order chi connectivity index (χ1) is 14.4. The predicted octanol–water partition coefficient (Wildman–Crippen LogP) is 1.31. The minimum absolute atomic E-state index is 0.0154. The normalized spacial score (nSPS) is 18.2. The first-order valence-corrected chi connectivity index (χ1v) is 11.1. The standard InChI is InChI=1S/C22H29N3O4S/c1-14-5-4-10-25(14)22(29)20(27)19(26)21(28)24-9-8-17-12-15(13-30-17)11-16-6-2-3-7-18(16)23/h2-3,6-7,12-14,19-20,26-27H,4-5,8-11,23H2,1H3,(H,24,28)/t14-,19+,20+/m0/s1. The Labute approximate surface area is 180 Å². The lowest BCUT2D eigenvalue weighted by Gasteiger charge is -2.26. The first kappa shape index (κ1) is 22.3. The fourth-order valence-electron chi connectivity index (χ4n) is 3.69. The Morgan fingerprint density at radius 3 is 2.77 bits per heavy atom. The number of likely N-dealkylation sites (tertiary alicyclic amines) is 1. The number of nitrogens with one attached hydrogen (secondary N) is 1. The second-order valence-electron chi connectivity index (χ2n) is 7.75. The summed E-state index contributed by atoms with van der Waals surface area (Å²) in [4.78, 5) is 27.1. The molecule has 2 amide bonds. The van der Waals surface area contributed by atoms with E-state index in [4.69, 9.17) is 5.73 Å². The monoisotopic (exact) mass is 431 g/mol. The number of amides is 2. The molecule has 0 aliphatic carbocycles. The second kappa shape index (κ2) is 10.1. The van der Waals surface area contributed by atoms with Gasteiger partial charge in [-0.1, -0.05) is 18.2 Å². The molecule has 1 aromatic heterocycles. The Balaban J connectivity index is 1.45. The van der Waals surface area contributed by atoms with E-state index in [0.717, 1.165) is 41.0 Å². The van der Waals surface area contributed by atoms with Crippen molar-refractivity contribution >= 4 is 28.8 Å². The zero-order chi connectivity index (χ0) is 21.7. The van der Waals surface area contributed by atoms with E-state index in [1.165, 1.54) is 4.90 Å². The Hall–Kier alpha value is -2.42. The molecule has 1 saturated heterocycles. The van der Waals surface area contributed by atoms with Crippen molar-refractivity contribution in [3.8, 4) is 0 Å². The summed E-state index contributed by atoms with van der Waals surface area (Å²) in [5, 5.41) is 24.9. The molecule has 1 aromatic carbocycles. The molecule has 8 heteroatoms. The van der Waals surface area contributed by atoms with Crippen LogP contribution in [0.15, 0.2) is 35.7 Å². The number of benzene rings is 1. The Kier molecular flexibility index (Phi) is 7.47. The number of aliphatic hydroxyl groups is 2. The van der Waals surface area contributed by atoms with Crippen molar-refractivity contribution < 1.29 is 19.8 Å². The maximum atomic E-state index is 12.3. The summed E-state index contributed by atoms with van der Waals surface area (Å²) in [5.74, 6) is -1.33. The molecule has 30 heavy (non-hydrogen) atoms. The van der Waals surface area contributed by atoms with E-state index < -0.39 is 24.0 Å². The number of anilines is 1. The van der Waals surface area contributed by atoms with E-state index >= 15 is 0 Å². The number of hydrogen-bond acceptors (Lipinski definition) is 6. The molecule has 7 nitrogen and oxygen atoms in total. The molecule has 162 valence electrons. The van der Waals surface area contributed by atoms with Gasteiger partial charge in [0.2, 0.25) is 0 Å². The van der Waals surface area contributed by atoms with Gasteiger partial charge in [-0.3, -0.25) is 9.59 Å². The third kappa shape index (κ3) is 5.38. The van der Waals surface area contributed by atoms with Crippen LogP contribution in [0.25, 0.3) is 0 Å². The van der Waals surface area contributed by atoms with E-state index in [9.17, 15) is 19.8 Å². The summed E-state index contributed by atoms with van der Waals surface area (Å²) in [5.41, 5.74) is 8.99. The molecule has 1 aliphatic rings. The summed E-state index contributed by atoms with van der Waals surface area (Å²) in [6, 6.07) is 9.85. The van der Waals surface area contributed by atoms with E-state index in [-0.39, 0.29) is 6.04 Å². The van der Waals surface area contributed by atoms with Gasteiger partial charge in [-0.05, 0) is 54.8 Å². The molecule has 1 fully saturated rings. The number of nitrogen functional groups attached to an aromatic ring is 1. The highest BCUT2D eigenvalue weighted by atomic mass is 32.1. The van der Waals surface area contributed by atoms with Crippen LogP contribution in [0, 0.1) is 0 Å². The van der Waals surface area contributed by atoms with Crippen molar-refractivity contribution in [2.24, 2.45) is 0 Å². The SMILES string of the molecule is C[C@H]1CCCN1C(=O)[C@H](O)[C@@H](O)C(=O)NCCc1cc(Cc2ccccc2N)cs1. The minimum atomic E-state index is -1.77. The fraction of sp³-hybridized carbons (Fsp3) is 0.455. The summed E-state index contributed by atoms with van der Waals surface area (Å²) in [6.07, 6.45) is -0.444. The Morgan fingerprint density at radius 1 is 1.30 bits per heavy atom. The smallest absolute Gasteiger partial charge is 0.254 e. The highest BCUT2D eigenvalue weighted by Crippen LogP contribution is 2.21. The predicted molar refractivity (Wildman–Crippen MR) is 117 cm³/mol. The number of para-hydroxylation sites is 1. The summed E-state index contributed by atoms with van der Waals surface area (Å²) in [6.45, 7) is 2.75. The van der Waals surface area contributed by atoms with Gasteiger partial charge in [0.15, 0.2) is 12.2 Å². The Morgan fingerprint density at radius 2 is 2.07 bits per heavy atom. The number of carbonyl (C=O) groups excluding carboxylic acids is 2. The molecule has 3 rings (SSSR count). The van der Waals surface area contributed by atoms with Crippen molar-refractivity contribution in [1.29, 1.82) is 0 Å². The van der Waals surface area contributed by atoms with Gasteiger partial charge >= 0.3 is 0 Å². The maximum absolute atomic E-state index is 12.3. The number of nitrogens with zero attached hydrogens (tertiary/aromatic N) is 1. The number of thiophene rings is 1. The molecule has 3 atom stereocenters. The van der Waals surface area contributed by atoms with Gasteiger partial charge in [0.25, 0.3) is 11.8 Å². The van der Waals surface area contributed by atoms with Gasteiger partial charge < -0.3 is 26.2 Å².